The predicted molar refractivity (Wildman–Crippen MR) is 112 cm³/mol. The lowest BCUT2D eigenvalue weighted by atomic mass is 9.80. The molecule has 3 rings (SSSR count). The van der Waals surface area contributed by atoms with Crippen molar-refractivity contribution in [1.29, 1.82) is 0 Å². The fourth-order valence-corrected chi connectivity index (χ4v) is 5.95. The summed E-state index contributed by atoms with van der Waals surface area (Å²) in [5.41, 5.74) is -0.605. The van der Waals surface area contributed by atoms with Gasteiger partial charge in [0, 0.05) is 31.0 Å². The van der Waals surface area contributed by atoms with Gasteiger partial charge in [0.2, 0.25) is 0 Å². The number of carbonyl (C=O) groups is 2. The van der Waals surface area contributed by atoms with Crippen LogP contribution in [0.3, 0.4) is 0 Å². The average molecular weight is 462 g/mol. The second-order valence-electron chi connectivity index (χ2n) is 9.95. The fourth-order valence-electron chi connectivity index (χ4n) is 5.14. The molecule has 0 spiro atoms. The number of nitrogens with zero attached hydrogens (tertiary/aromatic N) is 1. The minimum atomic E-state index is -5.60. The summed E-state index contributed by atoms with van der Waals surface area (Å²) < 4.78 is 60.2. The van der Waals surface area contributed by atoms with E-state index in [4.69, 9.17) is 4.18 Å². The second-order valence-corrected chi connectivity index (χ2v) is 11.5. The van der Waals surface area contributed by atoms with E-state index in [1.807, 2.05) is 0 Å². The normalized spacial score (nSPS) is 23.9. The summed E-state index contributed by atoms with van der Waals surface area (Å²) in [6, 6.07) is -0.750. The molecule has 3 aliphatic carbocycles. The lowest BCUT2D eigenvalue weighted by molar-refractivity contribution is -0.154. The van der Waals surface area contributed by atoms with Gasteiger partial charge in [-0.3, -0.25) is 9.59 Å². The van der Waals surface area contributed by atoms with Crippen molar-refractivity contribution in [3.05, 3.63) is 11.8 Å². The molecule has 6 nitrogen and oxygen atoms in total. The Kier molecular flexibility index (Phi) is 7.13. The van der Waals surface area contributed by atoms with Crippen LogP contribution < -0.4 is 0 Å². The van der Waals surface area contributed by atoms with Crippen LogP contribution in [0.15, 0.2) is 11.8 Å². The van der Waals surface area contributed by atoms with Crippen molar-refractivity contribution < 1.29 is 31.0 Å². The van der Waals surface area contributed by atoms with E-state index < -0.39 is 26.7 Å². The average Bonchev–Trinajstić information content (AvgIpc) is 2.67. The highest BCUT2D eigenvalue weighted by atomic mass is 32.2. The topological polar surface area (TPSA) is 80.8 Å². The highest BCUT2D eigenvalue weighted by Crippen LogP contribution is 2.39. The van der Waals surface area contributed by atoms with Gasteiger partial charge < -0.3 is 9.08 Å². The Morgan fingerprint density at radius 3 is 1.94 bits per heavy atom. The van der Waals surface area contributed by atoms with Crippen molar-refractivity contribution >= 4 is 21.8 Å². The van der Waals surface area contributed by atoms with E-state index in [9.17, 15) is 18.0 Å². The zero-order chi connectivity index (χ0) is 22.9. The van der Waals surface area contributed by atoms with E-state index in [2.05, 4.69) is 0 Å². The number of amides is 1. The quantitative estimate of drug-likeness (QED) is 0.536. The van der Waals surface area contributed by atoms with Gasteiger partial charge in [-0.2, -0.15) is 17.2 Å². The zero-order valence-corrected chi connectivity index (χ0v) is 19.2. The number of halogens is 2. The van der Waals surface area contributed by atoms with Gasteiger partial charge in [0.15, 0.2) is 5.78 Å². The maximum atomic E-state index is 15.2. The number of carbonyl (C=O) groups excluding carboxylic acids is 2. The third-order valence-electron chi connectivity index (χ3n) is 6.58. The van der Waals surface area contributed by atoms with Crippen LogP contribution in [0.5, 0.6) is 0 Å². The fraction of sp³-hybridized carbons (Fsp3) is 0.818. The third-order valence-corrected chi connectivity index (χ3v) is 7.81. The summed E-state index contributed by atoms with van der Waals surface area (Å²) in [6.45, 7) is 3.45. The van der Waals surface area contributed by atoms with E-state index in [1.54, 1.807) is 13.8 Å². The third kappa shape index (κ3) is 5.46. The van der Waals surface area contributed by atoms with Crippen molar-refractivity contribution in [1.82, 2.24) is 4.90 Å². The van der Waals surface area contributed by atoms with Gasteiger partial charge in [-0.25, -0.2) is 0 Å². The van der Waals surface area contributed by atoms with Gasteiger partial charge in [0.1, 0.15) is 5.76 Å². The molecule has 0 aromatic carbocycles. The Bertz CT molecular complexity index is 807. The summed E-state index contributed by atoms with van der Waals surface area (Å²) in [4.78, 5) is 26.1. The summed E-state index contributed by atoms with van der Waals surface area (Å²) >= 11 is 0. The first-order valence-electron chi connectivity index (χ1n) is 11.3. The molecule has 0 bridgehead atoms. The first-order chi connectivity index (χ1) is 14.4. The van der Waals surface area contributed by atoms with E-state index >= 15 is 8.78 Å². The van der Waals surface area contributed by atoms with Crippen LogP contribution in [-0.4, -0.2) is 42.3 Å². The van der Waals surface area contributed by atoms with E-state index in [1.165, 1.54) is 4.90 Å². The lowest BCUT2D eigenvalue weighted by Gasteiger charge is -2.42. The monoisotopic (exact) mass is 461 g/mol. The molecule has 0 unspecified atom stereocenters. The van der Waals surface area contributed by atoms with Gasteiger partial charge >= 0.3 is 21.3 Å². The van der Waals surface area contributed by atoms with Crippen molar-refractivity contribution in [2.24, 2.45) is 5.41 Å². The lowest BCUT2D eigenvalue weighted by Crippen LogP contribution is -2.56. The minimum Gasteiger partial charge on any atom is -0.382 e. The van der Waals surface area contributed by atoms with Crippen LogP contribution in [0.25, 0.3) is 0 Å². The summed E-state index contributed by atoms with van der Waals surface area (Å²) in [5, 5.41) is -4.71. The highest BCUT2D eigenvalue weighted by Gasteiger charge is 2.59. The summed E-state index contributed by atoms with van der Waals surface area (Å²) in [6.07, 6.45) is 8.87. The molecular weight excluding hydrogens is 428 g/mol. The molecule has 9 heteroatoms. The van der Waals surface area contributed by atoms with Crippen molar-refractivity contribution in [2.45, 2.75) is 108 Å². The largest absolute Gasteiger partial charge is 0.458 e. The maximum absolute atomic E-state index is 15.2. The number of ketones is 1. The Balaban J connectivity index is 1.85. The molecule has 0 aliphatic heterocycles. The Hall–Kier alpha value is -1.51. The molecule has 3 aliphatic rings. The van der Waals surface area contributed by atoms with Crippen LogP contribution in [0.1, 0.15) is 90.9 Å². The van der Waals surface area contributed by atoms with Gasteiger partial charge in [-0.1, -0.05) is 52.4 Å². The summed E-state index contributed by atoms with van der Waals surface area (Å²) in [5.74, 6) is -2.41. The number of hydrogen-bond acceptors (Lipinski definition) is 5. The second kappa shape index (κ2) is 9.16. The molecule has 0 saturated heterocycles. The minimum absolute atomic E-state index is 0.0250. The number of alkyl halides is 2. The van der Waals surface area contributed by atoms with Crippen molar-refractivity contribution in [3.8, 4) is 0 Å². The predicted octanol–water partition coefficient (Wildman–Crippen LogP) is 4.69. The summed E-state index contributed by atoms with van der Waals surface area (Å²) in [7, 11) is -5.60. The van der Waals surface area contributed by atoms with Crippen molar-refractivity contribution in [3.63, 3.8) is 0 Å². The van der Waals surface area contributed by atoms with Crippen LogP contribution in [0.2, 0.25) is 0 Å². The van der Waals surface area contributed by atoms with Gasteiger partial charge in [-0.05, 0) is 31.1 Å². The van der Waals surface area contributed by atoms with E-state index in [0.29, 0.717) is 25.7 Å². The van der Waals surface area contributed by atoms with Crippen LogP contribution in [0.4, 0.5) is 8.78 Å². The van der Waals surface area contributed by atoms with Gasteiger partial charge in [0.05, 0.1) is 0 Å². The first kappa shape index (κ1) is 24.1. The van der Waals surface area contributed by atoms with Gasteiger partial charge in [0.25, 0.3) is 0 Å². The smallest absolute Gasteiger partial charge is 0.382 e. The van der Waals surface area contributed by atoms with Crippen LogP contribution in [0, 0.1) is 5.41 Å². The number of hydrogen-bond donors (Lipinski definition) is 0. The first-order valence-corrected chi connectivity index (χ1v) is 12.7. The van der Waals surface area contributed by atoms with Crippen LogP contribution in [-0.2, 0) is 23.9 Å². The molecule has 2 fully saturated rings. The highest BCUT2D eigenvalue weighted by molar-refractivity contribution is 7.88. The molecule has 1 amide bonds. The Labute approximate surface area is 183 Å². The number of allylic oxidation sites excluding steroid dienone is 2. The van der Waals surface area contributed by atoms with E-state index in [-0.39, 0.29) is 36.5 Å². The molecule has 0 N–H and O–H groups in total. The molecule has 2 saturated carbocycles. The molecule has 0 aromatic rings. The van der Waals surface area contributed by atoms with E-state index in [0.717, 1.165) is 44.6 Å². The zero-order valence-electron chi connectivity index (χ0n) is 18.4. The number of rotatable bonds is 6. The Morgan fingerprint density at radius 1 is 1.00 bits per heavy atom. The van der Waals surface area contributed by atoms with Gasteiger partial charge in [-0.15, -0.1) is 0 Å². The maximum Gasteiger partial charge on any atom is 0.458 e. The molecule has 31 heavy (non-hydrogen) atoms. The molecule has 0 heterocycles. The molecule has 176 valence electrons. The standard InChI is InChI=1S/C22H33F2NO5S/c1-21(2)14-18(26)13-19(15-21)30-31(28,29)22(23,24)20(27)25(16-9-5-3-6-10-16)17-11-7-4-8-12-17/h13,16-17H,3-12,14-15H2,1-2H3. The Morgan fingerprint density at radius 2 is 1.48 bits per heavy atom. The molecular formula is C22H33F2NO5S. The molecule has 0 radical (unpaired) electrons. The SMILES string of the molecule is CC1(C)CC(=O)C=C(OS(=O)(=O)C(F)(F)C(=O)N(C2CCCCC2)C2CCCCC2)C1. The molecule has 0 aromatic heterocycles. The van der Waals surface area contributed by atoms with Crippen molar-refractivity contribution in [2.75, 3.05) is 0 Å². The van der Waals surface area contributed by atoms with Crippen LogP contribution >= 0.6 is 0 Å². The molecule has 0 atom stereocenters.